The van der Waals surface area contributed by atoms with Crippen LogP contribution in [0.1, 0.15) is 23.7 Å². The van der Waals surface area contributed by atoms with Crippen molar-refractivity contribution in [3.8, 4) is 0 Å². The van der Waals surface area contributed by atoms with Crippen molar-refractivity contribution in [1.29, 1.82) is 0 Å². The van der Waals surface area contributed by atoms with Crippen molar-refractivity contribution < 1.29 is 23.5 Å². The maximum Gasteiger partial charge on any atom is 0.341 e. The van der Waals surface area contributed by atoms with Gasteiger partial charge in [0.15, 0.2) is 6.61 Å². The Hall–Kier alpha value is -2.93. The zero-order valence-corrected chi connectivity index (χ0v) is 15.1. The number of halogens is 2. The fourth-order valence-electron chi connectivity index (χ4n) is 2.90. The van der Waals surface area contributed by atoms with Gasteiger partial charge in [0.1, 0.15) is 5.82 Å². The van der Waals surface area contributed by atoms with Crippen LogP contribution in [0.5, 0.6) is 0 Å². The molecule has 1 heterocycles. The van der Waals surface area contributed by atoms with Crippen LogP contribution in [0.15, 0.2) is 42.5 Å². The standard InChI is InChI=1S/C19H16ClFN2O4/c1-11-8-17(24)22-15-4-2-3-5-16(15)23(11)18(25)10-27-19(26)13-7-6-12(20)9-14(13)21/h2-7,9,11H,8,10H2,1H3,(H,22,24)/t11-/m1/s1. The van der Waals surface area contributed by atoms with Gasteiger partial charge in [0.05, 0.1) is 16.9 Å². The SMILES string of the molecule is C[C@@H]1CC(=O)Nc2ccccc2N1C(=O)COC(=O)c1ccc(Cl)cc1F. The highest BCUT2D eigenvalue weighted by molar-refractivity contribution is 6.30. The van der Waals surface area contributed by atoms with E-state index in [2.05, 4.69) is 5.32 Å². The third kappa shape index (κ3) is 4.09. The van der Waals surface area contributed by atoms with E-state index < -0.39 is 30.3 Å². The molecule has 1 N–H and O–H groups in total. The van der Waals surface area contributed by atoms with Crippen LogP contribution >= 0.6 is 11.6 Å². The van der Waals surface area contributed by atoms with Crippen molar-refractivity contribution >= 4 is 40.8 Å². The molecular formula is C19H16ClFN2O4. The summed E-state index contributed by atoms with van der Waals surface area (Å²) in [4.78, 5) is 38.1. The van der Waals surface area contributed by atoms with Crippen molar-refractivity contribution in [3.63, 3.8) is 0 Å². The molecule has 3 rings (SSSR count). The third-order valence-corrected chi connectivity index (χ3v) is 4.34. The number of esters is 1. The van der Waals surface area contributed by atoms with Gasteiger partial charge in [-0.1, -0.05) is 23.7 Å². The van der Waals surface area contributed by atoms with Gasteiger partial charge in [0.25, 0.3) is 5.91 Å². The van der Waals surface area contributed by atoms with Crippen LogP contribution in [0.3, 0.4) is 0 Å². The second kappa shape index (κ2) is 7.75. The van der Waals surface area contributed by atoms with E-state index in [1.54, 1.807) is 31.2 Å². The molecule has 0 radical (unpaired) electrons. The Morgan fingerprint density at radius 1 is 1.30 bits per heavy atom. The van der Waals surface area contributed by atoms with E-state index in [4.69, 9.17) is 16.3 Å². The zero-order chi connectivity index (χ0) is 19.6. The lowest BCUT2D eigenvalue weighted by molar-refractivity contribution is -0.122. The fraction of sp³-hybridized carbons (Fsp3) is 0.211. The minimum Gasteiger partial charge on any atom is -0.452 e. The van der Waals surface area contributed by atoms with Crippen molar-refractivity contribution in [2.45, 2.75) is 19.4 Å². The second-order valence-electron chi connectivity index (χ2n) is 6.08. The van der Waals surface area contributed by atoms with E-state index in [-0.39, 0.29) is 22.9 Å². The Kier molecular flexibility index (Phi) is 5.41. The van der Waals surface area contributed by atoms with Gasteiger partial charge in [0.2, 0.25) is 5.91 Å². The molecule has 140 valence electrons. The Balaban J connectivity index is 1.77. The lowest BCUT2D eigenvalue weighted by Gasteiger charge is -2.27. The highest BCUT2D eigenvalue weighted by Crippen LogP contribution is 2.31. The molecule has 1 atom stereocenters. The van der Waals surface area contributed by atoms with Crippen LogP contribution in [-0.4, -0.2) is 30.4 Å². The average Bonchev–Trinajstić information content (AvgIpc) is 2.73. The van der Waals surface area contributed by atoms with Crippen LogP contribution < -0.4 is 10.2 Å². The van der Waals surface area contributed by atoms with E-state index in [1.807, 2.05) is 0 Å². The van der Waals surface area contributed by atoms with Gasteiger partial charge in [-0.25, -0.2) is 9.18 Å². The Bertz CT molecular complexity index is 918. The first kappa shape index (κ1) is 18.8. The van der Waals surface area contributed by atoms with Gasteiger partial charge in [-0.05, 0) is 37.3 Å². The maximum atomic E-state index is 13.8. The zero-order valence-electron chi connectivity index (χ0n) is 14.4. The number of benzene rings is 2. The molecule has 0 fully saturated rings. The molecule has 2 aromatic rings. The Morgan fingerprint density at radius 3 is 2.78 bits per heavy atom. The molecule has 0 aromatic heterocycles. The third-order valence-electron chi connectivity index (χ3n) is 4.11. The molecule has 0 spiro atoms. The van der Waals surface area contributed by atoms with Gasteiger partial charge in [-0.2, -0.15) is 0 Å². The number of nitrogens with zero attached hydrogens (tertiary/aromatic N) is 1. The highest BCUT2D eigenvalue weighted by Gasteiger charge is 2.30. The molecule has 0 unspecified atom stereocenters. The Morgan fingerprint density at radius 2 is 2.04 bits per heavy atom. The van der Waals surface area contributed by atoms with Gasteiger partial charge in [-0.15, -0.1) is 0 Å². The van der Waals surface area contributed by atoms with E-state index in [0.29, 0.717) is 11.4 Å². The van der Waals surface area contributed by atoms with Crippen molar-refractivity contribution in [1.82, 2.24) is 0 Å². The van der Waals surface area contributed by atoms with Crippen LogP contribution in [0.4, 0.5) is 15.8 Å². The molecule has 8 heteroatoms. The largest absolute Gasteiger partial charge is 0.452 e. The Labute approximate surface area is 159 Å². The minimum absolute atomic E-state index is 0.0974. The topological polar surface area (TPSA) is 75.7 Å². The predicted octanol–water partition coefficient (Wildman–Crippen LogP) is 3.40. The fourth-order valence-corrected chi connectivity index (χ4v) is 3.06. The number of rotatable bonds is 3. The van der Waals surface area contributed by atoms with Crippen LogP contribution in [0, 0.1) is 5.82 Å². The van der Waals surface area contributed by atoms with E-state index in [1.165, 1.54) is 17.0 Å². The summed E-state index contributed by atoms with van der Waals surface area (Å²) in [5.41, 5.74) is 0.693. The smallest absolute Gasteiger partial charge is 0.341 e. The molecule has 2 amide bonds. The number of ether oxygens (including phenoxy) is 1. The molecule has 1 aliphatic rings. The monoisotopic (exact) mass is 390 g/mol. The summed E-state index contributed by atoms with van der Waals surface area (Å²) in [6, 6.07) is 9.94. The number of carbonyl (C=O) groups excluding carboxylic acids is 3. The summed E-state index contributed by atoms with van der Waals surface area (Å²) in [7, 11) is 0. The van der Waals surface area contributed by atoms with E-state index in [9.17, 15) is 18.8 Å². The summed E-state index contributed by atoms with van der Waals surface area (Å²) >= 11 is 5.66. The number of hydrogen-bond donors (Lipinski definition) is 1. The van der Waals surface area contributed by atoms with Gasteiger partial charge in [0, 0.05) is 17.5 Å². The van der Waals surface area contributed by atoms with Gasteiger partial charge >= 0.3 is 5.97 Å². The number of fused-ring (bicyclic) bond motifs is 1. The summed E-state index contributed by atoms with van der Waals surface area (Å²) in [6.07, 6.45) is 0.0974. The molecular weight excluding hydrogens is 375 g/mol. The van der Waals surface area contributed by atoms with Crippen LogP contribution in [0.2, 0.25) is 5.02 Å². The van der Waals surface area contributed by atoms with Crippen LogP contribution in [-0.2, 0) is 14.3 Å². The number of hydrogen-bond acceptors (Lipinski definition) is 4. The highest BCUT2D eigenvalue weighted by atomic mass is 35.5. The van der Waals surface area contributed by atoms with Gasteiger partial charge < -0.3 is 15.0 Å². The van der Waals surface area contributed by atoms with Crippen molar-refractivity contribution in [2.24, 2.45) is 0 Å². The summed E-state index contributed by atoms with van der Waals surface area (Å²) < 4.78 is 18.8. The number of amides is 2. The average molecular weight is 391 g/mol. The summed E-state index contributed by atoms with van der Waals surface area (Å²) in [5, 5.41) is 2.88. The van der Waals surface area contributed by atoms with E-state index in [0.717, 1.165) is 6.07 Å². The molecule has 0 bridgehead atoms. The number of para-hydroxylation sites is 2. The molecule has 6 nitrogen and oxygen atoms in total. The molecule has 2 aromatic carbocycles. The lowest BCUT2D eigenvalue weighted by Crippen LogP contribution is -2.41. The molecule has 1 aliphatic heterocycles. The second-order valence-corrected chi connectivity index (χ2v) is 6.52. The quantitative estimate of drug-likeness (QED) is 0.815. The normalized spacial score (nSPS) is 16.2. The number of anilines is 2. The van der Waals surface area contributed by atoms with Gasteiger partial charge in [-0.3, -0.25) is 9.59 Å². The summed E-state index contributed by atoms with van der Waals surface area (Å²) in [5.74, 6) is -2.54. The first-order valence-electron chi connectivity index (χ1n) is 8.20. The summed E-state index contributed by atoms with van der Waals surface area (Å²) in [6.45, 7) is 1.13. The molecule has 0 aliphatic carbocycles. The maximum absolute atomic E-state index is 13.8. The minimum atomic E-state index is -0.970. The molecule has 0 saturated heterocycles. The number of nitrogens with one attached hydrogen (secondary N) is 1. The number of carbonyl (C=O) groups is 3. The van der Waals surface area contributed by atoms with Crippen LogP contribution in [0.25, 0.3) is 0 Å². The first-order chi connectivity index (χ1) is 12.9. The lowest BCUT2D eigenvalue weighted by atomic mass is 10.1. The van der Waals surface area contributed by atoms with E-state index >= 15 is 0 Å². The molecule has 27 heavy (non-hydrogen) atoms. The van der Waals surface area contributed by atoms with Crippen molar-refractivity contribution in [3.05, 3.63) is 58.9 Å². The molecule has 0 saturated carbocycles. The predicted molar refractivity (Wildman–Crippen MR) is 98.3 cm³/mol. The first-order valence-corrected chi connectivity index (χ1v) is 8.57. The van der Waals surface area contributed by atoms with Crippen molar-refractivity contribution in [2.75, 3.05) is 16.8 Å².